The van der Waals surface area contributed by atoms with Crippen LogP contribution < -0.4 is 4.90 Å². The van der Waals surface area contributed by atoms with Crippen LogP contribution in [-0.4, -0.2) is 61.1 Å². The number of ether oxygens (including phenoxy) is 1. The maximum absolute atomic E-state index is 13.3. The number of morpholine rings is 1. The molecule has 0 spiro atoms. The molecule has 2 heterocycles. The smallest absolute Gasteiger partial charge is 0.295 e. The lowest BCUT2D eigenvalue weighted by Gasteiger charge is -2.29. The summed E-state index contributed by atoms with van der Waals surface area (Å²) in [5.74, 6) is -2.08. The number of nitrogens with one attached hydrogen (secondary N) is 1. The average Bonchev–Trinajstić information content (AvgIpc) is 3.04. The average molecular weight is 411 g/mol. The zero-order valence-electron chi connectivity index (χ0n) is 16.5. The molecule has 156 valence electrons. The van der Waals surface area contributed by atoms with E-state index in [1.165, 1.54) is 34.1 Å². The van der Waals surface area contributed by atoms with E-state index < -0.39 is 23.5 Å². The molecule has 2 aliphatic heterocycles. The minimum atomic E-state index is -0.720. The normalized spacial score (nSPS) is 21.9. The number of halogens is 1. The first kappa shape index (κ1) is 20.3. The fourth-order valence-corrected chi connectivity index (χ4v) is 4.04. The second-order valence-corrected chi connectivity index (χ2v) is 7.52. The number of Topliss-reactive ketones (excluding diaryl/α,β-unsaturated/α-hetero) is 1. The van der Waals surface area contributed by atoms with E-state index in [1.54, 1.807) is 0 Å². The van der Waals surface area contributed by atoms with Crippen LogP contribution in [0.15, 0.2) is 60.2 Å². The maximum Gasteiger partial charge on any atom is 0.295 e. The molecule has 2 saturated heterocycles. The van der Waals surface area contributed by atoms with Crippen LogP contribution in [0.3, 0.4) is 0 Å². The summed E-state index contributed by atoms with van der Waals surface area (Å²) < 4.78 is 18.7. The zero-order chi connectivity index (χ0) is 21.1. The predicted molar refractivity (Wildman–Crippen MR) is 108 cm³/mol. The molecule has 0 bridgehead atoms. The Morgan fingerprint density at radius 2 is 1.73 bits per heavy atom. The standard InChI is InChI=1S/C23H23FN2O4/c24-18-8-6-17(7-9-18)21(27)19-20(16-4-2-1-3-5-16)26(23(29)22(19)28)11-10-25-12-14-30-15-13-25/h1-9,20,27H,10-15H2/p+1/t20-/m0/s1. The van der Waals surface area contributed by atoms with Crippen molar-refractivity contribution < 1.29 is 28.7 Å². The molecule has 6 nitrogen and oxygen atoms in total. The van der Waals surface area contributed by atoms with E-state index in [1.807, 2.05) is 30.3 Å². The van der Waals surface area contributed by atoms with Gasteiger partial charge >= 0.3 is 0 Å². The summed E-state index contributed by atoms with van der Waals surface area (Å²) in [6, 6.07) is 13.7. The number of amides is 1. The largest absolute Gasteiger partial charge is 0.507 e. The van der Waals surface area contributed by atoms with Gasteiger partial charge in [-0.3, -0.25) is 9.59 Å². The lowest BCUT2D eigenvalue weighted by molar-refractivity contribution is -0.907. The van der Waals surface area contributed by atoms with Gasteiger partial charge in [0, 0.05) is 5.56 Å². The summed E-state index contributed by atoms with van der Waals surface area (Å²) >= 11 is 0. The number of carbonyl (C=O) groups excluding carboxylic acids is 2. The van der Waals surface area contributed by atoms with Gasteiger partial charge < -0.3 is 19.6 Å². The van der Waals surface area contributed by atoms with Crippen LogP contribution >= 0.6 is 0 Å². The van der Waals surface area contributed by atoms with Crippen molar-refractivity contribution in [3.63, 3.8) is 0 Å². The highest BCUT2D eigenvalue weighted by molar-refractivity contribution is 6.46. The molecule has 2 aromatic rings. The van der Waals surface area contributed by atoms with Crippen LogP contribution in [0.25, 0.3) is 5.76 Å². The fourth-order valence-electron chi connectivity index (χ4n) is 4.04. The third-order valence-corrected chi connectivity index (χ3v) is 5.68. The first-order valence-electron chi connectivity index (χ1n) is 10.1. The predicted octanol–water partition coefficient (Wildman–Crippen LogP) is 1.16. The van der Waals surface area contributed by atoms with Crippen LogP contribution in [0.1, 0.15) is 17.2 Å². The molecule has 0 aliphatic carbocycles. The SMILES string of the molecule is O=C1C(=O)N(CC[NH+]2CCOCC2)[C@@H](c2ccccc2)C1=C(O)c1ccc(F)cc1. The Balaban J connectivity index is 1.71. The quantitative estimate of drug-likeness (QED) is 0.440. The Bertz CT molecular complexity index is 953. The highest BCUT2D eigenvalue weighted by Gasteiger charge is 2.46. The van der Waals surface area contributed by atoms with Crippen molar-refractivity contribution in [2.75, 3.05) is 39.4 Å². The zero-order valence-corrected chi connectivity index (χ0v) is 16.5. The Hall–Kier alpha value is -3.03. The van der Waals surface area contributed by atoms with Gasteiger partial charge in [0.05, 0.1) is 37.9 Å². The van der Waals surface area contributed by atoms with Gasteiger partial charge in [-0.05, 0) is 29.8 Å². The van der Waals surface area contributed by atoms with E-state index in [2.05, 4.69) is 0 Å². The van der Waals surface area contributed by atoms with Crippen molar-refractivity contribution in [2.24, 2.45) is 0 Å². The highest BCUT2D eigenvalue weighted by atomic mass is 19.1. The monoisotopic (exact) mass is 411 g/mol. The minimum absolute atomic E-state index is 0.0368. The molecule has 4 rings (SSSR count). The molecule has 0 radical (unpaired) electrons. The lowest BCUT2D eigenvalue weighted by Crippen LogP contribution is -3.14. The second kappa shape index (κ2) is 8.77. The second-order valence-electron chi connectivity index (χ2n) is 7.52. The van der Waals surface area contributed by atoms with E-state index in [-0.39, 0.29) is 11.3 Å². The van der Waals surface area contributed by atoms with Gasteiger partial charge in [0.2, 0.25) is 0 Å². The van der Waals surface area contributed by atoms with Gasteiger partial charge in [-0.15, -0.1) is 0 Å². The molecular formula is C23H24FN2O4+. The van der Waals surface area contributed by atoms with Gasteiger partial charge in [0.15, 0.2) is 0 Å². The molecule has 7 heteroatoms. The number of hydrogen-bond acceptors (Lipinski definition) is 4. The number of aliphatic hydroxyl groups excluding tert-OH is 1. The van der Waals surface area contributed by atoms with Gasteiger partial charge in [0.25, 0.3) is 11.7 Å². The Morgan fingerprint density at radius 1 is 1.07 bits per heavy atom. The Kier molecular flexibility index (Phi) is 5.92. The van der Waals surface area contributed by atoms with E-state index in [4.69, 9.17) is 4.74 Å². The number of carbonyl (C=O) groups is 2. The minimum Gasteiger partial charge on any atom is -0.507 e. The number of nitrogens with zero attached hydrogens (tertiary/aromatic N) is 1. The number of quaternary nitrogens is 1. The number of aliphatic hydroxyl groups is 1. The third-order valence-electron chi connectivity index (χ3n) is 5.68. The summed E-state index contributed by atoms with van der Waals surface area (Å²) in [5.41, 5.74) is 1.08. The molecule has 2 aromatic carbocycles. The molecule has 0 saturated carbocycles. The topological polar surface area (TPSA) is 71.3 Å². The number of benzene rings is 2. The Labute approximate surface area is 174 Å². The summed E-state index contributed by atoms with van der Waals surface area (Å²) in [6.07, 6.45) is 0. The van der Waals surface area contributed by atoms with Crippen molar-refractivity contribution in [1.29, 1.82) is 0 Å². The molecule has 2 N–H and O–H groups in total. The Morgan fingerprint density at radius 3 is 2.40 bits per heavy atom. The first-order valence-corrected chi connectivity index (χ1v) is 10.1. The van der Waals surface area contributed by atoms with Gasteiger partial charge in [-0.1, -0.05) is 30.3 Å². The van der Waals surface area contributed by atoms with E-state index in [0.717, 1.165) is 18.7 Å². The molecule has 2 aliphatic rings. The fraction of sp³-hybridized carbons (Fsp3) is 0.304. The maximum atomic E-state index is 13.3. The van der Waals surface area contributed by atoms with Gasteiger partial charge in [-0.2, -0.15) is 0 Å². The van der Waals surface area contributed by atoms with Gasteiger partial charge in [-0.25, -0.2) is 4.39 Å². The van der Waals surface area contributed by atoms with Crippen LogP contribution in [0.5, 0.6) is 0 Å². The van der Waals surface area contributed by atoms with Crippen molar-refractivity contribution >= 4 is 17.4 Å². The first-order chi connectivity index (χ1) is 14.6. The molecule has 0 unspecified atom stereocenters. The lowest BCUT2D eigenvalue weighted by atomic mass is 9.95. The van der Waals surface area contributed by atoms with E-state index >= 15 is 0 Å². The van der Waals surface area contributed by atoms with Crippen LogP contribution in [0.4, 0.5) is 4.39 Å². The summed E-state index contributed by atoms with van der Waals surface area (Å²) in [5, 5.41) is 10.9. The number of rotatable bonds is 5. The van der Waals surface area contributed by atoms with Crippen LogP contribution in [0, 0.1) is 5.82 Å². The molecule has 30 heavy (non-hydrogen) atoms. The summed E-state index contributed by atoms with van der Waals surface area (Å²) in [6.45, 7) is 4.16. The molecule has 2 fully saturated rings. The van der Waals surface area contributed by atoms with Crippen LogP contribution in [-0.2, 0) is 14.3 Å². The number of hydrogen-bond donors (Lipinski definition) is 2. The summed E-state index contributed by atoms with van der Waals surface area (Å²) in [4.78, 5) is 28.7. The van der Waals surface area contributed by atoms with Crippen molar-refractivity contribution in [1.82, 2.24) is 4.90 Å². The van der Waals surface area contributed by atoms with E-state index in [9.17, 15) is 19.1 Å². The summed E-state index contributed by atoms with van der Waals surface area (Å²) in [7, 11) is 0. The van der Waals surface area contributed by atoms with E-state index in [0.29, 0.717) is 31.9 Å². The third kappa shape index (κ3) is 3.99. The van der Waals surface area contributed by atoms with Crippen molar-refractivity contribution in [3.8, 4) is 0 Å². The van der Waals surface area contributed by atoms with Crippen LogP contribution in [0.2, 0.25) is 0 Å². The highest BCUT2D eigenvalue weighted by Crippen LogP contribution is 2.38. The van der Waals surface area contributed by atoms with Crippen molar-refractivity contribution in [3.05, 3.63) is 77.1 Å². The number of ketones is 1. The van der Waals surface area contributed by atoms with Gasteiger partial charge in [0.1, 0.15) is 24.7 Å². The molecular weight excluding hydrogens is 387 g/mol. The molecule has 1 atom stereocenters. The number of likely N-dealkylation sites (tertiary alicyclic amines) is 1. The molecule has 1 amide bonds. The molecule has 0 aromatic heterocycles. The van der Waals surface area contributed by atoms with Crippen molar-refractivity contribution in [2.45, 2.75) is 6.04 Å².